The first-order valence-electron chi connectivity index (χ1n) is 13.0. The normalized spacial score (nSPS) is 16.2. The second kappa shape index (κ2) is 12.3. The monoisotopic (exact) mass is 568 g/mol. The van der Waals surface area contributed by atoms with Crippen molar-refractivity contribution in [3.63, 3.8) is 0 Å². The van der Waals surface area contributed by atoms with Crippen LogP contribution in [0.3, 0.4) is 0 Å². The molecule has 0 saturated carbocycles. The molecule has 0 aliphatic carbocycles. The lowest BCUT2D eigenvalue weighted by molar-refractivity contribution is -0.138. The van der Waals surface area contributed by atoms with Crippen LogP contribution in [0.5, 0.6) is 0 Å². The van der Waals surface area contributed by atoms with Gasteiger partial charge >= 0.3 is 12.4 Å². The lowest BCUT2D eigenvalue weighted by Gasteiger charge is -2.31. The molecule has 1 aliphatic rings. The van der Waals surface area contributed by atoms with Gasteiger partial charge in [0.05, 0.1) is 22.9 Å². The van der Waals surface area contributed by atoms with Crippen LogP contribution in [0.15, 0.2) is 42.6 Å². The highest BCUT2D eigenvalue weighted by Gasteiger charge is 2.34. The molecule has 3 heterocycles. The van der Waals surface area contributed by atoms with Crippen molar-refractivity contribution in [1.29, 1.82) is 0 Å². The van der Waals surface area contributed by atoms with E-state index >= 15 is 0 Å². The van der Waals surface area contributed by atoms with Gasteiger partial charge in [0.2, 0.25) is 5.95 Å². The van der Waals surface area contributed by atoms with E-state index in [2.05, 4.69) is 20.6 Å². The van der Waals surface area contributed by atoms with E-state index in [1.165, 1.54) is 24.4 Å². The molecule has 0 bridgehead atoms. The zero-order valence-corrected chi connectivity index (χ0v) is 21.8. The van der Waals surface area contributed by atoms with Crippen LogP contribution in [0, 0.1) is 0 Å². The first-order chi connectivity index (χ1) is 19.0. The van der Waals surface area contributed by atoms with Gasteiger partial charge in [-0.3, -0.25) is 0 Å². The number of aromatic nitrogens is 3. The topological polar surface area (TPSA) is 86.2 Å². The summed E-state index contributed by atoms with van der Waals surface area (Å²) in [6.07, 6.45) is -5.46. The second-order valence-electron chi connectivity index (χ2n) is 9.56. The van der Waals surface area contributed by atoms with Crippen molar-refractivity contribution in [2.75, 3.05) is 35.2 Å². The molecule has 4 rings (SSSR count). The van der Waals surface area contributed by atoms with Crippen LogP contribution in [0.1, 0.15) is 48.6 Å². The first kappa shape index (κ1) is 29.4. The number of aryl methyl sites for hydroxylation is 1. The van der Waals surface area contributed by atoms with Crippen molar-refractivity contribution in [2.24, 2.45) is 0 Å². The van der Waals surface area contributed by atoms with Gasteiger partial charge in [0.15, 0.2) is 0 Å². The zero-order valence-electron chi connectivity index (χ0n) is 21.8. The van der Waals surface area contributed by atoms with E-state index in [1.807, 2.05) is 11.8 Å². The van der Waals surface area contributed by atoms with Crippen LogP contribution in [-0.4, -0.2) is 45.8 Å². The van der Waals surface area contributed by atoms with Gasteiger partial charge in [-0.25, -0.2) is 9.97 Å². The summed E-state index contributed by atoms with van der Waals surface area (Å²) in [4.78, 5) is 15.1. The number of hydrogen-bond acceptors (Lipinski definition) is 7. The van der Waals surface area contributed by atoms with Gasteiger partial charge in [-0.1, -0.05) is 13.3 Å². The predicted octanol–water partition coefficient (Wildman–Crippen LogP) is 6.22. The molecule has 1 aliphatic heterocycles. The van der Waals surface area contributed by atoms with E-state index in [9.17, 15) is 31.4 Å². The minimum absolute atomic E-state index is 0.0730. The summed E-state index contributed by atoms with van der Waals surface area (Å²) in [7, 11) is 0. The maximum Gasteiger partial charge on any atom is 0.419 e. The van der Waals surface area contributed by atoms with E-state index in [0.29, 0.717) is 54.6 Å². The summed E-state index contributed by atoms with van der Waals surface area (Å²) >= 11 is 0. The molecule has 0 radical (unpaired) electrons. The van der Waals surface area contributed by atoms with E-state index in [1.54, 1.807) is 0 Å². The number of rotatable bonds is 9. The summed E-state index contributed by atoms with van der Waals surface area (Å²) in [5, 5.41) is 16.0. The molecule has 3 aromatic rings. The molecule has 0 amide bonds. The molecule has 13 heteroatoms. The Labute approximate surface area is 227 Å². The average molecular weight is 569 g/mol. The van der Waals surface area contributed by atoms with Crippen molar-refractivity contribution in [2.45, 2.75) is 57.5 Å². The van der Waals surface area contributed by atoms with Crippen LogP contribution in [0.4, 0.5) is 49.6 Å². The first-order valence-corrected chi connectivity index (χ1v) is 13.0. The van der Waals surface area contributed by atoms with Crippen LogP contribution < -0.4 is 15.5 Å². The van der Waals surface area contributed by atoms with Crippen molar-refractivity contribution in [1.82, 2.24) is 15.0 Å². The summed E-state index contributed by atoms with van der Waals surface area (Å²) in [5.41, 5.74) is -0.0317. The number of halogens is 6. The van der Waals surface area contributed by atoms with Gasteiger partial charge in [0, 0.05) is 37.1 Å². The van der Waals surface area contributed by atoms with Crippen molar-refractivity contribution >= 4 is 23.3 Å². The fourth-order valence-electron chi connectivity index (χ4n) is 4.56. The Morgan fingerprint density at radius 1 is 0.975 bits per heavy atom. The highest BCUT2D eigenvalue weighted by molar-refractivity contribution is 5.63. The number of aliphatic hydroxyl groups excluding tert-OH is 1. The maximum atomic E-state index is 13.4. The summed E-state index contributed by atoms with van der Waals surface area (Å²) in [6.45, 7) is 3.00. The zero-order chi connectivity index (χ0) is 28.9. The molecule has 40 heavy (non-hydrogen) atoms. The molecular weight excluding hydrogens is 538 g/mol. The molecule has 3 N–H and O–H groups in total. The molecule has 0 unspecified atom stereocenters. The number of aliphatic hydroxyl groups is 1. The Morgan fingerprint density at radius 3 is 2.38 bits per heavy atom. The molecule has 7 nitrogen and oxygen atoms in total. The number of alkyl halides is 6. The van der Waals surface area contributed by atoms with Gasteiger partial charge in [-0.2, -0.15) is 31.3 Å². The number of nitrogens with one attached hydrogen (secondary N) is 2. The predicted molar refractivity (Wildman–Crippen MR) is 140 cm³/mol. The number of anilines is 4. The number of piperidine rings is 1. The average Bonchev–Trinajstić information content (AvgIpc) is 2.89. The molecule has 1 fully saturated rings. The fourth-order valence-corrected chi connectivity index (χ4v) is 4.56. The summed E-state index contributed by atoms with van der Waals surface area (Å²) < 4.78 is 79.5. The maximum absolute atomic E-state index is 13.4. The van der Waals surface area contributed by atoms with E-state index < -0.39 is 29.6 Å². The van der Waals surface area contributed by atoms with Gasteiger partial charge < -0.3 is 20.6 Å². The van der Waals surface area contributed by atoms with E-state index in [4.69, 9.17) is 4.98 Å². The highest BCUT2D eigenvalue weighted by Crippen LogP contribution is 2.34. The minimum atomic E-state index is -4.58. The molecule has 1 atom stereocenters. The second-order valence-corrected chi connectivity index (χ2v) is 9.56. The number of pyridine rings is 1. The third kappa shape index (κ3) is 7.32. The van der Waals surface area contributed by atoms with Gasteiger partial charge in [0.1, 0.15) is 11.6 Å². The lowest BCUT2D eigenvalue weighted by atomic mass is 10.1. The SMILES string of the molecule is CCCc1nc(N2CCC[C@H](O)C2)nc(Nc2ccc(C(F)(F)F)cc2)c1CCNc1ncccc1C(F)(F)F. The Balaban J connectivity index is 1.67. The lowest BCUT2D eigenvalue weighted by Crippen LogP contribution is -2.39. The Morgan fingerprint density at radius 2 is 1.73 bits per heavy atom. The molecule has 2 aromatic heterocycles. The Bertz CT molecular complexity index is 1280. The molecule has 1 saturated heterocycles. The molecule has 0 spiro atoms. The van der Waals surface area contributed by atoms with Gasteiger partial charge in [-0.15, -0.1) is 0 Å². The molecule has 216 valence electrons. The molecule has 1 aromatic carbocycles. The van der Waals surface area contributed by atoms with Crippen molar-refractivity contribution in [3.05, 3.63) is 65.0 Å². The largest absolute Gasteiger partial charge is 0.419 e. The number of hydrogen-bond donors (Lipinski definition) is 3. The smallest absolute Gasteiger partial charge is 0.391 e. The van der Waals surface area contributed by atoms with Crippen LogP contribution in [0.2, 0.25) is 0 Å². The number of nitrogens with zero attached hydrogens (tertiary/aromatic N) is 4. The Hall–Kier alpha value is -3.61. The number of β-amino-alcohol motifs (C(OH)–C–C–N with tert-alkyl or cyclic N) is 1. The summed E-state index contributed by atoms with van der Waals surface area (Å²) in [5.74, 6) is 0.411. The minimum Gasteiger partial charge on any atom is -0.391 e. The fraction of sp³-hybridized carbons (Fsp3) is 0.444. The summed E-state index contributed by atoms with van der Waals surface area (Å²) in [6, 6.07) is 6.66. The van der Waals surface area contributed by atoms with Gasteiger partial charge in [-0.05, 0) is 62.1 Å². The van der Waals surface area contributed by atoms with Crippen molar-refractivity contribution in [3.8, 4) is 0 Å². The standard InChI is InChI=1S/C27H30F6N6O/c1-2-5-22-20(12-14-35-24-21(27(31,32)33)7-3-13-34-24)23(36-18-10-8-17(9-11-18)26(28,29)30)38-25(37-22)39-15-4-6-19(40)16-39/h3,7-11,13,19,40H,2,4-6,12,14-16H2,1H3,(H,34,35)(H,36,37,38)/t19-/m0/s1. The third-order valence-electron chi connectivity index (χ3n) is 6.50. The Kier molecular flexibility index (Phi) is 9.02. The van der Waals surface area contributed by atoms with Crippen LogP contribution in [-0.2, 0) is 25.2 Å². The third-order valence-corrected chi connectivity index (χ3v) is 6.50. The highest BCUT2D eigenvalue weighted by atomic mass is 19.4. The van der Waals surface area contributed by atoms with E-state index in [0.717, 1.165) is 31.0 Å². The van der Waals surface area contributed by atoms with Crippen molar-refractivity contribution < 1.29 is 31.4 Å². The van der Waals surface area contributed by atoms with Crippen LogP contribution in [0.25, 0.3) is 0 Å². The quantitative estimate of drug-likeness (QED) is 0.264. The van der Waals surface area contributed by atoms with E-state index in [-0.39, 0.29) is 18.8 Å². The van der Waals surface area contributed by atoms with Gasteiger partial charge in [0.25, 0.3) is 0 Å². The number of benzene rings is 1. The van der Waals surface area contributed by atoms with Crippen LogP contribution >= 0.6 is 0 Å². The molecular formula is C27H30F6N6O.